The molecule has 0 amide bonds. The molecule has 88 valence electrons. The van der Waals surface area contributed by atoms with E-state index in [4.69, 9.17) is 9.78 Å². The normalized spacial score (nSPS) is 12.3. The number of hydrogen-bond acceptors (Lipinski definition) is 5. The number of nitrogens with zero attached hydrogens (tertiary/aromatic N) is 3. The Morgan fingerprint density at radius 1 is 1.59 bits per heavy atom. The molecule has 1 atom stereocenters. The highest BCUT2D eigenvalue weighted by atomic mass is 79.9. The summed E-state index contributed by atoms with van der Waals surface area (Å²) in [5, 5.41) is 12.5. The first-order valence-electron chi connectivity index (χ1n) is 5.17. The zero-order chi connectivity index (χ0) is 12.3. The third kappa shape index (κ3) is 2.93. The third-order valence-electron chi connectivity index (χ3n) is 2.35. The maximum atomic E-state index is 8.53. The smallest absolute Gasteiger partial charge is 0.229 e. The lowest BCUT2D eigenvalue weighted by atomic mass is 10.1. The fourth-order valence-corrected chi connectivity index (χ4v) is 2.69. The molecule has 0 aromatic carbocycles. The van der Waals surface area contributed by atoms with Crippen LogP contribution in [-0.2, 0) is 0 Å². The Labute approximate surface area is 111 Å². The quantitative estimate of drug-likeness (QED) is 0.857. The Morgan fingerprint density at radius 3 is 3.06 bits per heavy atom. The number of nitriles is 1. The standard InChI is InChI=1S/C11H10BrN3OS/c1-7(3-2-6-13)11-14-10(15-16-11)8-4-5-9(12)17-8/h4-5,7H,2-3H2,1H3. The van der Waals surface area contributed by atoms with Crippen molar-refractivity contribution in [3.8, 4) is 16.8 Å². The third-order valence-corrected chi connectivity index (χ3v) is 3.97. The molecule has 0 bridgehead atoms. The molecule has 17 heavy (non-hydrogen) atoms. The Morgan fingerprint density at radius 2 is 2.41 bits per heavy atom. The van der Waals surface area contributed by atoms with Crippen molar-refractivity contribution in [3.05, 3.63) is 21.8 Å². The van der Waals surface area contributed by atoms with Crippen LogP contribution in [0.4, 0.5) is 0 Å². The van der Waals surface area contributed by atoms with Crippen molar-refractivity contribution in [1.29, 1.82) is 5.26 Å². The van der Waals surface area contributed by atoms with Crippen LogP contribution in [0, 0.1) is 11.3 Å². The minimum Gasteiger partial charge on any atom is -0.339 e. The molecule has 4 nitrogen and oxygen atoms in total. The van der Waals surface area contributed by atoms with Crippen molar-refractivity contribution in [2.24, 2.45) is 0 Å². The summed E-state index contributed by atoms with van der Waals surface area (Å²) in [6.45, 7) is 1.99. The zero-order valence-corrected chi connectivity index (χ0v) is 11.6. The average molecular weight is 312 g/mol. The second-order valence-electron chi connectivity index (χ2n) is 3.66. The van der Waals surface area contributed by atoms with Crippen LogP contribution in [-0.4, -0.2) is 10.1 Å². The van der Waals surface area contributed by atoms with E-state index < -0.39 is 0 Å². The van der Waals surface area contributed by atoms with Gasteiger partial charge in [-0.15, -0.1) is 11.3 Å². The van der Waals surface area contributed by atoms with Gasteiger partial charge in [-0.3, -0.25) is 0 Å². The number of aromatic nitrogens is 2. The van der Waals surface area contributed by atoms with Crippen LogP contribution < -0.4 is 0 Å². The van der Waals surface area contributed by atoms with E-state index >= 15 is 0 Å². The van der Waals surface area contributed by atoms with E-state index in [0.29, 0.717) is 18.1 Å². The Balaban J connectivity index is 2.13. The fraction of sp³-hybridized carbons (Fsp3) is 0.364. The van der Waals surface area contributed by atoms with Crippen LogP contribution in [0.15, 0.2) is 20.4 Å². The molecule has 0 aliphatic rings. The van der Waals surface area contributed by atoms with Gasteiger partial charge in [0.25, 0.3) is 0 Å². The SMILES string of the molecule is CC(CCC#N)c1nc(-c2ccc(Br)s2)no1. The number of rotatable bonds is 4. The van der Waals surface area contributed by atoms with Crippen molar-refractivity contribution in [1.82, 2.24) is 10.1 Å². The Hall–Kier alpha value is -1.19. The minimum atomic E-state index is 0.124. The molecule has 0 radical (unpaired) electrons. The van der Waals surface area contributed by atoms with E-state index in [1.807, 2.05) is 19.1 Å². The molecular formula is C11H10BrN3OS. The molecule has 0 spiro atoms. The lowest BCUT2D eigenvalue weighted by molar-refractivity contribution is 0.355. The predicted octanol–water partition coefficient (Wildman–Crippen LogP) is 3.97. The highest BCUT2D eigenvalue weighted by Crippen LogP contribution is 2.30. The summed E-state index contributed by atoms with van der Waals surface area (Å²) in [6.07, 6.45) is 1.25. The molecule has 2 heterocycles. The monoisotopic (exact) mass is 311 g/mol. The molecule has 0 N–H and O–H groups in total. The van der Waals surface area contributed by atoms with Crippen LogP contribution in [0.1, 0.15) is 31.6 Å². The summed E-state index contributed by atoms with van der Waals surface area (Å²) in [5.74, 6) is 1.33. The first-order valence-corrected chi connectivity index (χ1v) is 6.78. The molecule has 0 fully saturated rings. The van der Waals surface area contributed by atoms with E-state index in [-0.39, 0.29) is 5.92 Å². The number of hydrogen-bond donors (Lipinski definition) is 0. The highest BCUT2D eigenvalue weighted by molar-refractivity contribution is 9.11. The molecule has 0 aliphatic heterocycles. The van der Waals surface area contributed by atoms with Gasteiger partial charge in [0.15, 0.2) is 0 Å². The van der Waals surface area contributed by atoms with Crippen LogP contribution in [0.5, 0.6) is 0 Å². The summed E-state index contributed by atoms with van der Waals surface area (Å²) in [5.41, 5.74) is 0. The largest absolute Gasteiger partial charge is 0.339 e. The maximum absolute atomic E-state index is 8.53. The Kier molecular flexibility index (Phi) is 3.92. The van der Waals surface area contributed by atoms with Gasteiger partial charge < -0.3 is 4.52 Å². The van der Waals surface area contributed by atoms with Gasteiger partial charge in [0, 0.05) is 12.3 Å². The molecule has 2 aromatic rings. The van der Waals surface area contributed by atoms with Gasteiger partial charge in [-0.2, -0.15) is 10.2 Å². The molecule has 1 unspecified atom stereocenters. The van der Waals surface area contributed by atoms with Crippen molar-refractivity contribution in [2.75, 3.05) is 0 Å². The van der Waals surface area contributed by atoms with Gasteiger partial charge in [-0.1, -0.05) is 12.1 Å². The fourth-order valence-electron chi connectivity index (χ4n) is 1.37. The number of thiophene rings is 1. The topological polar surface area (TPSA) is 62.7 Å². The molecule has 2 aromatic heterocycles. The maximum Gasteiger partial charge on any atom is 0.229 e. The second kappa shape index (κ2) is 5.43. The molecule has 0 aliphatic carbocycles. The summed E-state index contributed by atoms with van der Waals surface area (Å²) in [6, 6.07) is 6.02. The van der Waals surface area contributed by atoms with Crippen molar-refractivity contribution >= 4 is 27.3 Å². The van der Waals surface area contributed by atoms with Crippen LogP contribution in [0.25, 0.3) is 10.7 Å². The average Bonchev–Trinajstić information content (AvgIpc) is 2.93. The molecule has 0 saturated heterocycles. The van der Waals surface area contributed by atoms with Gasteiger partial charge in [-0.25, -0.2) is 0 Å². The summed E-state index contributed by atoms with van der Waals surface area (Å²) >= 11 is 4.96. The van der Waals surface area contributed by atoms with E-state index in [9.17, 15) is 0 Å². The van der Waals surface area contributed by atoms with Gasteiger partial charge in [0.2, 0.25) is 11.7 Å². The lowest BCUT2D eigenvalue weighted by Gasteiger charge is -2.00. The highest BCUT2D eigenvalue weighted by Gasteiger charge is 2.15. The van der Waals surface area contributed by atoms with Crippen LogP contribution in [0.3, 0.4) is 0 Å². The van der Waals surface area contributed by atoms with E-state index in [2.05, 4.69) is 32.1 Å². The predicted molar refractivity (Wildman–Crippen MR) is 68.6 cm³/mol. The minimum absolute atomic E-state index is 0.124. The van der Waals surface area contributed by atoms with E-state index in [0.717, 1.165) is 15.1 Å². The van der Waals surface area contributed by atoms with Crippen molar-refractivity contribution in [2.45, 2.75) is 25.7 Å². The van der Waals surface area contributed by atoms with Crippen molar-refractivity contribution in [3.63, 3.8) is 0 Å². The molecule has 2 rings (SSSR count). The van der Waals surface area contributed by atoms with Gasteiger partial charge >= 0.3 is 0 Å². The first-order chi connectivity index (χ1) is 8.20. The zero-order valence-electron chi connectivity index (χ0n) is 9.18. The Bertz CT molecular complexity index is 543. The molecular weight excluding hydrogens is 302 g/mol. The van der Waals surface area contributed by atoms with Crippen molar-refractivity contribution < 1.29 is 4.52 Å². The van der Waals surface area contributed by atoms with Gasteiger partial charge in [0.05, 0.1) is 14.7 Å². The lowest BCUT2D eigenvalue weighted by Crippen LogP contribution is -1.93. The first kappa shape index (κ1) is 12.3. The summed E-state index contributed by atoms with van der Waals surface area (Å²) in [7, 11) is 0. The summed E-state index contributed by atoms with van der Waals surface area (Å²) < 4.78 is 6.25. The van der Waals surface area contributed by atoms with E-state index in [1.54, 1.807) is 11.3 Å². The van der Waals surface area contributed by atoms with Crippen LogP contribution >= 0.6 is 27.3 Å². The second-order valence-corrected chi connectivity index (χ2v) is 6.12. The summed E-state index contributed by atoms with van der Waals surface area (Å²) in [4.78, 5) is 5.32. The van der Waals surface area contributed by atoms with Crippen LogP contribution in [0.2, 0.25) is 0 Å². The van der Waals surface area contributed by atoms with E-state index in [1.165, 1.54) is 0 Å². The molecule has 0 saturated carbocycles. The number of halogens is 1. The van der Waals surface area contributed by atoms with Gasteiger partial charge in [-0.05, 0) is 34.5 Å². The van der Waals surface area contributed by atoms with Gasteiger partial charge in [0.1, 0.15) is 0 Å². The molecule has 6 heteroatoms.